The number of nitriles is 1. The Labute approximate surface area is 118 Å². The molecule has 0 saturated carbocycles. The summed E-state index contributed by atoms with van der Waals surface area (Å²) in [5.74, 6) is 0.123. The van der Waals surface area contributed by atoms with E-state index in [0.29, 0.717) is 16.3 Å². The van der Waals surface area contributed by atoms with Gasteiger partial charge in [0.1, 0.15) is 11.8 Å². The fourth-order valence-electron chi connectivity index (χ4n) is 1.67. The maximum Gasteiger partial charge on any atom is 0.258 e. The van der Waals surface area contributed by atoms with Gasteiger partial charge in [0, 0.05) is 17.1 Å². The van der Waals surface area contributed by atoms with Crippen molar-refractivity contribution in [2.75, 3.05) is 6.61 Å². The lowest BCUT2D eigenvalue weighted by Gasteiger charge is -2.13. The predicted molar refractivity (Wildman–Crippen MR) is 74.2 cm³/mol. The molecule has 0 spiro atoms. The van der Waals surface area contributed by atoms with Crippen molar-refractivity contribution in [3.05, 3.63) is 28.8 Å². The summed E-state index contributed by atoms with van der Waals surface area (Å²) in [6.07, 6.45) is 1.93. The molecule has 0 radical (unpaired) electrons. The minimum absolute atomic E-state index is 0.121. The molecule has 102 valence electrons. The Bertz CT molecular complexity index is 483. The van der Waals surface area contributed by atoms with Crippen LogP contribution in [-0.2, 0) is 4.79 Å². The fourth-order valence-corrected chi connectivity index (χ4v) is 1.84. The molecular weight excluding hydrogens is 264 g/mol. The van der Waals surface area contributed by atoms with Gasteiger partial charge in [-0.15, -0.1) is 0 Å². The van der Waals surface area contributed by atoms with Crippen molar-refractivity contribution < 1.29 is 9.53 Å². The molecule has 1 aromatic rings. The number of hydrogen-bond acceptors (Lipinski definition) is 3. The minimum atomic E-state index is -0.204. The highest BCUT2D eigenvalue weighted by Gasteiger charge is 2.09. The molecule has 1 aromatic carbocycles. The van der Waals surface area contributed by atoms with Gasteiger partial charge in [0.05, 0.1) is 5.56 Å². The molecule has 0 aliphatic carbocycles. The van der Waals surface area contributed by atoms with Gasteiger partial charge in [0.15, 0.2) is 6.61 Å². The zero-order chi connectivity index (χ0) is 14.3. The van der Waals surface area contributed by atoms with Crippen LogP contribution in [0.25, 0.3) is 0 Å². The van der Waals surface area contributed by atoms with Gasteiger partial charge >= 0.3 is 0 Å². The number of rotatable bonds is 6. The standard InChI is InChI=1S/C14H17ClN2O2/c1-3-4-10(2)17-14(18)9-19-13-7-12(15)6-5-11(13)8-16/h5-7,10H,3-4,9H2,1-2H3,(H,17,18). The molecule has 1 amide bonds. The molecule has 0 fully saturated rings. The number of benzene rings is 1. The molecule has 0 saturated heterocycles. The molecule has 0 aliphatic rings. The SMILES string of the molecule is CCCC(C)NC(=O)COc1cc(Cl)ccc1C#N. The van der Waals surface area contributed by atoms with Gasteiger partial charge in [-0.1, -0.05) is 24.9 Å². The highest BCUT2D eigenvalue weighted by atomic mass is 35.5. The van der Waals surface area contributed by atoms with E-state index < -0.39 is 0 Å². The molecule has 0 heterocycles. The number of amides is 1. The van der Waals surface area contributed by atoms with E-state index in [1.54, 1.807) is 12.1 Å². The van der Waals surface area contributed by atoms with Gasteiger partial charge in [-0.25, -0.2) is 0 Å². The van der Waals surface area contributed by atoms with Crippen molar-refractivity contribution in [2.45, 2.75) is 32.7 Å². The van der Waals surface area contributed by atoms with Gasteiger partial charge in [-0.3, -0.25) is 4.79 Å². The monoisotopic (exact) mass is 280 g/mol. The van der Waals surface area contributed by atoms with Crippen LogP contribution in [0.15, 0.2) is 18.2 Å². The lowest BCUT2D eigenvalue weighted by atomic mass is 10.2. The molecule has 1 unspecified atom stereocenters. The van der Waals surface area contributed by atoms with Crippen LogP contribution in [0.1, 0.15) is 32.3 Å². The van der Waals surface area contributed by atoms with Crippen LogP contribution in [0, 0.1) is 11.3 Å². The molecule has 0 bridgehead atoms. The third-order valence-corrected chi connectivity index (χ3v) is 2.79. The van der Waals surface area contributed by atoms with E-state index in [-0.39, 0.29) is 18.6 Å². The average Bonchev–Trinajstić information content (AvgIpc) is 2.36. The first-order valence-electron chi connectivity index (χ1n) is 6.18. The van der Waals surface area contributed by atoms with Gasteiger partial charge in [0.2, 0.25) is 0 Å². The third-order valence-electron chi connectivity index (χ3n) is 2.55. The first kappa shape index (κ1) is 15.3. The quantitative estimate of drug-likeness (QED) is 0.871. The highest BCUT2D eigenvalue weighted by molar-refractivity contribution is 6.30. The summed E-state index contributed by atoms with van der Waals surface area (Å²) in [4.78, 5) is 11.6. The Kier molecular flexibility index (Phi) is 6.17. The van der Waals surface area contributed by atoms with E-state index in [1.165, 1.54) is 6.07 Å². The Hall–Kier alpha value is -1.73. The number of carbonyl (C=O) groups excluding carboxylic acids is 1. The first-order chi connectivity index (χ1) is 9.06. The minimum Gasteiger partial charge on any atom is -0.482 e. The Morgan fingerprint density at radius 1 is 1.58 bits per heavy atom. The second-order valence-electron chi connectivity index (χ2n) is 4.30. The van der Waals surface area contributed by atoms with Crippen molar-refractivity contribution in [3.8, 4) is 11.8 Å². The molecular formula is C14H17ClN2O2. The van der Waals surface area contributed by atoms with Crippen LogP contribution < -0.4 is 10.1 Å². The zero-order valence-electron chi connectivity index (χ0n) is 11.1. The summed E-state index contributed by atoms with van der Waals surface area (Å²) in [5.41, 5.74) is 0.360. The second kappa shape index (κ2) is 7.65. The maximum atomic E-state index is 11.6. The van der Waals surface area contributed by atoms with Crippen LogP contribution in [0.2, 0.25) is 5.02 Å². The fraction of sp³-hybridized carbons (Fsp3) is 0.429. The van der Waals surface area contributed by atoms with E-state index >= 15 is 0 Å². The molecule has 1 atom stereocenters. The zero-order valence-corrected chi connectivity index (χ0v) is 11.8. The van der Waals surface area contributed by atoms with E-state index in [4.69, 9.17) is 21.6 Å². The molecule has 19 heavy (non-hydrogen) atoms. The Morgan fingerprint density at radius 2 is 2.32 bits per heavy atom. The summed E-state index contributed by atoms with van der Waals surface area (Å²) >= 11 is 5.82. The van der Waals surface area contributed by atoms with Crippen LogP contribution in [0.4, 0.5) is 0 Å². The summed E-state index contributed by atoms with van der Waals surface area (Å²) in [5, 5.41) is 12.2. The first-order valence-corrected chi connectivity index (χ1v) is 6.56. The van der Waals surface area contributed by atoms with Crippen molar-refractivity contribution >= 4 is 17.5 Å². The van der Waals surface area contributed by atoms with Crippen LogP contribution in [-0.4, -0.2) is 18.6 Å². The van der Waals surface area contributed by atoms with Crippen LogP contribution in [0.5, 0.6) is 5.75 Å². The molecule has 4 nitrogen and oxygen atoms in total. The van der Waals surface area contributed by atoms with E-state index in [2.05, 4.69) is 12.2 Å². The summed E-state index contributed by atoms with van der Waals surface area (Å²) in [7, 11) is 0. The predicted octanol–water partition coefficient (Wildman–Crippen LogP) is 2.90. The number of hydrogen-bond donors (Lipinski definition) is 1. The smallest absolute Gasteiger partial charge is 0.258 e. The molecule has 0 aromatic heterocycles. The van der Waals surface area contributed by atoms with Crippen molar-refractivity contribution in [3.63, 3.8) is 0 Å². The van der Waals surface area contributed by atoms with Crippen molar-refractivity contribution in [1.82, 2.24) is 5.32 Å². The van der Waals surface area contributed by atoms with Gasteiger partial charge in [-0.2, -0.15) is 5.26 Å². The van der Waals surface area contributed by atoms with E-state index in [1.807, 2.05) is 13.0 Å². The van der Waals surface area contributed by atoms with Crippen molar-refractivity contribution in [1.29, 1.82) is 5.26 Å². The maximum absolute atomic E-state index is 11.6. The summed E-state index contributed by atoms with van der Waals surface area (Å²) in [6.45, 7) is 3.88. The number of ether oxygens (including phenoxy) is 1. The van der Waals surface area contributed by atoms with Gasteiger partial charge < -0.3 is 10.1 Å². The van der Waals surface area contributed by atoms with Gasteiger partial charge in [-0.05, 0) is 25.5 Å². The molecule has 5 heteroatoms. The topological polar surface area (TPSA) is 62.1 Å². The number of carbonyl (C=O) groups is 1. The van der Waals surface area contributed by atoms with E-state index in [9.17, 15) is 4.79 Å². The third kappa shape index (κ3) is 5.19. The largest absolute Gasteiger partial charge is 0.482 e. The molecule has 1 N–H and O–H groups in total. The normalized spacial score (nSPS) is 11.5. The Balaban J connectivity index is 2.55. The Morgan fingerprint density at radius 3 is 2.95 bits per heavy atom. The van der Waals surface area contributed by atoms with Crippen molar-refractivity contribution in [2.24, 2.45) is 0 Å². The van der Waals surface area contributed by atoms with E-state index in [0.717, 1.165) is 12.8 Å². The average molecular weight is 281 g/mol. The van der Waals surface area contributed by atoms with Crippen LogP contribution in [0.3, 0.4) is 0 Å². The van der Waals surface area contributed by atoms with Crippen LogP contribution >= 0.6 is 11.6 Å². The highest BCUT2D eigenvalue weighted by Crippen LogP contribution is 2.22. The summed E-state index contributed by atoms with van der Waals surface area (Å²) < 4.78 is 5.33. The van der Waals surface area contributed by atoms with Gasteiger partial charge in [0.25, 0.3) is 5.91 Å². The summed E-state index contributed by atoms with van der Waals surface area (Å²) in [6, 6.07) is 6.82. The lowest BCUT2D eigenvalue weighted by Crippen LogP contribution is -2.36. The number of halogens is 1. The molecule has 1 rings (SSSR count). The second-order valence-corrected chi connectivity index (χ2v) is 4.73. The number of nitrogens with one attached hydrogen (secondary N) is 1. The number of nitrogens with zero attached hydrogens (tertiary/aromatic N) is 1. The lowest BCUT2D eigenvalue weighted by molar-refractivity contribution is -0.123. The molecule has 0 aliphatic heterocycles.